The number of rotatable bonds is 5. The summed E-state index contributed by atoms with van der Waals surface area (Å²) in [6, 6.07) is 0.122. The third kappa shape index (κ3) is 4.84. The molecule has 1 saturated carbocycles. The maximum absolute atomic E-state index is 11.8. The van der Waals surface area contributed by atoms with Crippen LogP contribution in [0.3, 0.4) is 0 Å². The predicted molar refractivity (Wildman–Crippen MR) is 75.2 cm³/mol. The molecule has 1 aliphatic rings. The van der Waals surface area contributed by atoms with E-state index in [2.05, 4.69) is 20.8 Å². The highest BCUT2D eigenvalue weighted by Crippen LogP contribution is 2.17. The number of nitrogens with one attached hydrogen (secondary N) is 2. The average Bonchev–Trinajstić information content (AvgIpc) is 2.94. The van der Waals surface area contributed by atoms with Gasteiger partial charge >= 0.3 is 11.8 Å². The zero-order valence-corrected chi connectivity index (χ0v) is 12.4. The molecule has 1 aromatic rings. The molecule has 0 unspecified atom stereocenters. The Balaban J connectivity index is 1.73. The van der Waals surface area contributed by atoms with Crippen molar-refractivity contribution in [1.29, 1.82) is 0 Å². The predicted octanol–water partition coefficient (Wildman–Crippen LogP) is 1.09. The fourth-order valence-electron chi connectivity index (χ4n) is 2.42. The van der Waals surface area contributed by atoms with E-state index < -0.39 is 11.8 Å². The fourth-order valence-corrected chi connectivity index (χ4v) is 2.42. The Bertz CT molecular complexity index is 480. The lowest BCUT2D eigenvalue weighted by Crippen LogP contribution is -2.45. The standard InChI is InChI=1S/C14H22N4O3/c1-2-6-11-17-12(21-18-11)9-15-13(19)14(20)16-10-7-4-3-5-8-10/h10H,2-9H2,1H3,(H,15,19)(H,16,20). The first-order valence-electron chi connectivity index (χ1n) is 7.59. The number of hydrogen-bond donors (Lipinski definition) is 2. The van der Waals surface area contributed by atoms with E-state index in [1.807, 2.05) is 6.92 Å². The van der Waals surface area contributed by atoms with Crippen LogP contribution in [0.1, 0.15) is 57.2 Å². The molecule has 0 atom stereocenters. The van der Waals surface area contributed by atoms with Gasteiger partial charge in [0.1, 0.15) is 0 Å². The number of aryl methyl sites for hydroxylation is 1. The van der Waals surface area contributed by atoms with Crippen molar-refractivity contribution in [1.82, 2.24) is 20.8 Å². The normalized spacial score (nSPS) is 15.7. The van der Waals surface area contributed by atoms with Gasteiger partial charge in [0.2, 0.25) is 5.89 Å². The number of carbonyl (C=O) groups is 2. The van der Waals surface area contributed by atoms with Crippen LogP contribution in [0.25, 0.3) is 0 Å². The van der Waals surface area contributed by atoms with Gasteiger partial charge in [0, 0.05) is 12.5 Å². The molecule has 7 heteroatoms. The van der Waals surface area contributed by atoms with Crippen molar-refractivity contribution in [2.45, 2.75) is 64.5 Å². The molecule has 0 aromatic carbocycles. The zero-order chi connectivity index (χ0) is 15.1. The minimum absolute atomic E-state index is 0.0770. The summed E-state index contributed by atoms with van der Waals surface area (Å²) < 4.78 is 4.99. The molecule has 1 heterocycles. The van der Waals surface area contributed by atoms with E-state index >= 15 is 0 Å². The minimum atomic E-state index is -0.657. The minimum Gasteiger partial charge on any atom is -0.345 e. The van der Waals surface area contributed by atoms with E-state index in [1.165, 1.54) is 6.42 Å². The van der Waals surface area contributed by atoms with Gasteiger partial charge in [0.25, 0.3) is 0 Å². The molecule has 1 aliphatic carbocycles. The van der Waals surface area contributed by atoms with Crippen LogP contribution in [0.15, 0.2) is 4.52 Å². The highest BCUT2D eigenvalue weighted by molar-refractivity contribution is 6.35. The number of carbonyl (C=O) groups excluding carboxylic acids is 2. The number of hydrogen-bond acceptors (Lipinski definition) is 5. The molecule has 0 bridgehead atoms. The molecular weight excluding hydrogens is 272 g/mol. The molecule has 7 nitrogen and oxygen atoms in total. The SMILES string of the molecule is CCCc1noc(CNC(=O)C(=O)NC2CCCCC2)n1. The molecule has 0 radical (unpaired) electrons. The second-order valence-corrected chi connectivity index (χ2v) is 5.35. The van der Waals surface area contributed by atoms with Crippen LogP contribution >= 0.6 is 0 Å². The Kier molecular flexibility index (Phi) is 5.71. The molecule has 0 aliphatic heterocycles. The van der Waals surface area contributed by atoms with Crippen molar-refractivity contribution in [3.63, 3.8) is 0 Å². The van der Waals surface area contributed by atoms with Gasteiger partial charge in [-0.15, -0.1) is 0 Å². The summed E-state index contributed by atoms with van der Waals surface area (Å²) in [5, 5.41) is 9.04. The van der Waals surface area contributed by atoms with E-state index in [0.29, 0.717) is 11.7 Å². The quantitative estimate of drug-likeness (QED) is 0.792. The van der Waals surface area contributed by atoms with Crippen LogP contribution in [-0.2, 0) is 22.6 Å². The van der Waals surface area contributed by atoms with Crippen molar-refractivity contribution in [3.05, 3.63) is 11.7 Å². The van der Waals surface area contributed by atoms with Gasteiger partial charge in [-0.1, -0.05) is 31.3 Å². The maximum Gasteiger partial charge on any atom is 0.309 e. The Morgan fingerprint density at radius 1 is 1.24 bits per heavy atom. The van der Waals surface area contributed by atoms with Crippen molar-refractivity contribution in [2.24, 2.45) is 0 Å². The first-order chi connectivity index (χ1) is 10.2. The second-order valence-electron chi connectivity index (χ2n) is 5.35. The van der Waals surface area contributed by atoms with Crippen LogP contribution in [0, 0.1) is 0 Å². The molecule has 116 valence electrons. The van der Waals surface area contributed by atoms with E-state index in [9.17, 15) is 9.59 Å². The summed E-state index contributed by atoms with van der Waals surface area (Å²) in [6.45, 7) is 2.10. The van der Waals surface area contributed by atoms with Crippen molar-refractivity contribution in [3.8, 4) is 0 Å². The summed E-state index contributed by atoms with van der Waals surface area (Å²) in [4.78, 5) is 27.6. The van der Waals surface area contributed by atoms with Crippen LogP contribution in [0.2, 0.25) is 0 Å². The topological polar surface area (TPSA) is 97.1 Å². The number of amides is 2. The third-order valence-electron chi connectivity index (χ3n) is 3.53. The molecule has 2 rings (SSSR count). The molecule has 2 N–H and O–H groups in total. The number of nitrogens with zero attached hydrogens (tertiary/aromatic N) is 2. The van der Waals surface area contributed by atoms with Crippen LogP contribution in [0.5, 0.6) is 0 Å². The van der Waals surface area contributed by atoms with Crippen LogP contribution in [-0.4, -0.2) is 28.0 Å². The summed E-state index contributed by atoms with van der Waals surface area (Å²) in [5.74, 6) is -0.309. The second kappa shape index (κ2) is 7.75. The summed E-state index contributed by atoms with van der Waals surface area (Å²) in [5.41, 5.74) is 0. The first kappa shape index (κ1) is 15.5. The van der Waals surface area contributed by atoms with Gasteiger partial charge in [-0.05, 0) is 19.3 Å². The van der Waals surface area contributed by atoms with Gasteiger partial charge in [-0.25, -0.2) is 0 Å². The Morgan fingerprint density at radius 3 is 2.71 bits per heavy atom. The third-order valence-corrected chi connectivity index (χ3v) is 3.53. The monoisotopic (exact) mass is 294 g/mol. The lowest BCUT2D eigenvalue weighted by atomic mass is 9.95. The molecule has 21 heavy (non-hydrogen) atoms. The Morgan fingerprint density at radius 2 is 2.00 bits per heavy atom. The highest BCUT2D eigenvalue weighted by atomic mass is 16.5. The molecular formula is C14H22N4O3. The first-order valence-corrected chi connectivity index (χ1v) is 7.59. The Hall–Kier alpha value is -1.92. The summed E-state index contributed by atoms with van der Waals surface area (Å²) >= 11 is 0. The Labute approximate surface area is 123 Å². The van der Waals surface area contributed by atoms with E-state index in [0.717, 1.165) is 38.5 Å². The summed E-state index contributed by atoms with van der Waals surface area (Å²) in [7, 11) is 0. The van der Waals surface area contributed by atoms with Gasteiger partial charge < -0.3 is 15.2 Å². The molecule has 2 amide bonds. The van der Waals surface area contributed by atoms with Crippen molar-refractivity contribution in [2.75, 3.05) is 0 Å². The van der Waals surface area contributed by atoms with Crippen molar-refractivity contribution >= 4 is 11.8 Å². The average molecular weight is 294 g/mol. The maximum atomic E-state index is 11.8. The van der Waals surface area contributed by atoms with E-state index in [-0.39, 0.29) is 12.6 Å². The van der Waals surface area contributed by atoms with E-state index in [1.54, 1.807) is 0 Å². The lowest BCUT2D eigenvalue weighted by molar-refractivity contribution is -0.139. The van der Waals surface area contributed by atoms with Gasteiger partial charge in [0.15, 0.2) is 5.82 Å². The lowest BCUT2D eigenvalue weighted by Gasteiger charge is -2.22. The van der Waals surface area contributed by atoms with Crippen LogP contribution in [0.4, 0.5) is 0 Å². The molecule has 1 fully saturated rings. The zero-order valence-electron chi connectivity index (χ0n) is 12.4. The molecule has 0 saturated heterocycles. The number of aromatic nitrogens is 2. The highest BCUT2D eigenvalue weighted by Gasteiger charge is 2.20. The fraction of sp³-hybridized carbons (Fsp3) is 0.714. The van der Waals surface area contributed by atoms with Gasteiger partial charge in [-0.3, -0.25) is 9.59 Å². The van der Waals surface area contributed by atoms with Gasteiger partial charge in [0.05, 0.1) is 6.54 Å². The summed E-state index contributed by atoms with van der Waals surface area (Å²) in [6.07, 6.45) is 6.97. The van der Waals surface area contributed by atoms with Crippen molar-refractivity contribution < 1.29 is 14.1 Å². The molecule has 0 spiro atoms. The smallest absolute Gasteiger partial charge is 0.309 e. The van der Waals surface area contributed by atoms with Gasteiger partial charge in [-0.2, -0.15) is 4.98 Å². The molecule has 1 aromatic heterocycles. The van der Waals surface area contributed by atoms with Crippen LogP contribution < -0.4 is 10.6 Å². The largest absolute Gasteiger partial charge is 0.345 e. The van der Waals surface area contributed by atoms with E-state index in [4.69, 9.17) is 4.52 Å².